The molecule has 1 atom stereocenters. The van der Waals surface area contributed by atoms with Crippen LogP contribution in [0, 0.1) is 0 Å². The number of Topliss-reactive ketones (excluding diaryl/α,β-unsaturated/α-hetero) is 1. The number of rotatable bonds is 5. The van der Waals surface area contributed by atoms with Crippen LogP contribution in [0.3, 0.4) is 0 Å². The number of aromatic nitrogens is 4. The number of nitrogens with zero attached hydrogens (tertiary/aromatic N) is 4. The first-order valence-electron chi connectivity index (χ1n) is 9.26. The van der Waals surface area contributed by atoms with Crippen LogP contribution in [0.5, 0.6) is 0 Å². The van der Waals surface area contributed by atoms with Gasteiger partial charge >= 0.3 is 17.6 Å². The Hall–Kier alpha value is -3.28. The van der Waals surface area contributed by atoms with Crippen LogP contribution in [0.4, 0.5) is 0 Å². The highest BCUT2D eigenvalue weighted by molar-refractivity contribution is 5.90. The lowest BCUT2D eigenvalue weighted by Gasteiger charge is -2.19. The van der Waals surface area contributed by atoms with Crippen molar-refractivity contribution in [2.45, 2.75) is 25.4 Å². The Morgan fingerprint density at radius 3 is 2.26 bits per heavy atom. The summed E-state index contributed by atoms with van der Waals surface area (Å²) in [7, 11) is 2.71. The molecule has 0 saturated carbocycles. The van der Waals surface area contributed by atoms with E-state index in [0.717, 1.165) is 16.1 Å². The van der Waals surface area contributed by atoms with E-state index in [4.69, 9.17) is 15.7 Å². The zero-order valence-corrected chi connectivity index (χ0v) is 14.6. The lowest BCUT2D eigenvalue weighted by atomic mass is 9.94. The van der Waals surface area contributed by atoms with Crippen molar-refractivity contribution in [3.63, 3.8) is 0 Å². The van der Waals surface area contributed by atoms with Crippen LogP contribution in [0.15, 0.2) is 15.9 Å². The Morgan fingerprint density at radius 1 is 1.22 bits per heavy atom. The van der Waals surface area contributed by atoms with Gasteiger partial charge in [0.2, 0.25) is 0 Å². The standard InChI is InChI=1S/C8H10N4O2.C7H10O6/c1-10-4-9-6-5(10)7(13)12(3)8(14)11(6)2;1-4(8)2-7(13,6(11)12)3-5(9)10/h4H,1-3H3;13H,2-3H2,1H3,(H,9,10)(H,11,12)/i3D3,4D;. The van der Waals surface area contributed by atoms with E-state index in [9.17, 15) is 29.1 Å². The van der Waals surface area contributed by atoms with Crippen LogP contribution >= 0.6 is 0 Å². The number of hydrogen-bond acceptors (Lipinski definition) is 7. The maximum Gasteiger partial charge on any atom is 0.336 e. The summed E-state index contributed by atoms with van der Waals surface area (Å²) in [6.07, 6.45) is -1.91. The zero-order chi connectivity index (χ0) is 24.5. The van der Waals surface area contributed by atoms with E-state index >= 15 is 0 Å². The Balaban J connectivity index is 0.000000330. The molecule has 1 unspecified atom stereocenters. The minimum absolute atomic E-state index is 0.00185. The third kappa shape index (κ3) is 4.67. The van der Waals surface area contributed by atoms with Gasteiger partial charge in [-0.3, -0.25) is 23.5 Å². The Kier molecular flexibility index (Phi) is 4.69. The summed E-state index contributed by atoms with van der Waals surface area (Å²) in [6.45, 7) is -1.79. The van der Waals surface area contributed by atoms with E-state index in [2.05, 4.69) is 4.98 Å². The van der Waals surface area contributed by atoms with Gasteiger partial charge in [0.15, 0.2) is 16.8 Å². The molecule has 0 aliphatic carbocycles. The SMILES string of the molecule is CC(=O)CC(O)(CC(=O)O)C(=O)O.[2H]c1nc2c(c(=O)n(C([2H])([2H])[2H])c(=O)n2C)n1C. The lowest BCUT2D eigenvalue weighted by Crippen LogP contribution is -2.42. The number of carboxylic acid groups (broad SMARTS) is 2. The molecule has 148 valence electrons. The van der Waals surface area contributed by atoms with Crippen LogP contribution < -0.4 is 11.2 Å². The average molecular weight is 388 g/mol. The summed E-state index contributed by atoms with van der Waals surface area (Å²) < 4.78 is 31.4. The van der Waals surface area contributed by atoms with Crippen LogP contribution in [0.25, 0.3) is 11.2 Å². The monoisotopic (exact) mass is 388 g/mol. The number of ketones is 1. The highest BCUT2D eigenvalue weighted by atomic mass is 16.4. The van der Waals surface area contributed by atoms with E-state index in [0.29, 0.717) is 0 Å². The molecule has 0 saturated heterocycles. The van der Waals surface area contributed by atoms with Crippen molar-refractivity contribution >= 4 is 28.9 Å². The van der Waals surface area contributed by atoms with E-state index in [-0.39, 0.29) is 22.0 Å². The summed E-state index contributed by atoms with van der Waals surface area (Å²) in [5, 5.41) is 26.0. The van der Waals surface area contributed by atoms with Crippen molar-refractivity contribution in [1.82, 2.24) is 18.7 Å². The summed E-state index contributed by atoms with van der Waals surface area (Å²) in [5.41, 5.74) is -4.53. The predicted octanol–water partition coefficient (Wildman–Crippen LogP) is -1.77. The minimum atomic E-state index is -2.87. The van der Waals surface area contributed by atoms with Gasteiger partial charge in [-0.05, 0) is 6.92 Å². The average Bonchev–Trinajstić information content (AvgIpc) is 2.86. The molecular formula is C15H20N4O8. The molecule has 0 fully saturated rings. The van der Waals surface area contributed by atoms with Gasteiger partial charge in [0.05, 0.1) is 12.7 Å². The molecule has 12 nitrogen and oxygen atoms in total. The van der Waals surface area contributed by atoms with Gasteiger partial charge in [0, 0.05) is 31.6 Å². The van der Waals surface area contributed by atoms with Crippen molar-refractivity contribution in [3.05, 3.63) is 27.1 Å². The van der Waals surface area contributed by atoms with Crippen molar-refractivity contribution in [2.24, 2.45) is 21.1 Å². The first-order chi connectivity index (χ1) is 13.9. The van der Waals surface area contributed by atoms with E-state index < -0.39 is 54.4 Å². The van der Waals surface area contributed by atoms with E-state index in [1.54, 1.807) is 0 Å². The second-order valence-electron chi connectivity index (χ2n) is 5.71. The number of aliphatic hydroxyl groups is 1. The molecule has 27 heavy (non-hydrogen) atoms. The third-order valence-corrected chi connectivity index (χ3v) is 3.44. The number of aryl methyl sites for hydroxylation is 2. The normalized spacial score (nSPS) is 15.4. The molecule has 0 amide bonds. The zero-order valence-electron chi connectivity index (χ0n) is 18.6. The summed E-state index contributed by atoms with van der Waals surface area (Å²) in [6, 6.07) is 0. The Morgan fingerprint density at radius 2 is 1.81 bits per heavy atom. The Labute approximate surface area is 157 Å². The molecule has 0 spiro atoms. The lowest BCUT2D eigenvalue weighted by molar-refractivity contribution is -0.167. The molecule has 12 heteroatoms. The Bertz CT molecular complexity index is 1140. The van der Waals surface area contributed by atoms with Gasteiger partial charge in [-0.15, -0.1) is 0 Å². The number of hydrogen-bond donors (Lipinski definition) is 3. The second kappa shape index (κ2) is 7.95. The van der Waals surface area contributed by atoms with Gasteiger partial charge in [-0.1, -0.05) is 0 Å². The largest absolute Gasteiger partial charge is 0.481 e. The van der Waals surface area contributed by atoms with Gasteiger partial charge in [0.25, 0.3) is 5.56 Å². The maximum absolute atomic E-state index is 12.0. The van der Waals surface area contributed by atoms with Crippen molar-refractivity contribution < 1.29 is 35.2 Å². The number of fused-ring (bicyclic) bond motifs is 1. The number of imidazole rings is 1. The fraction of sp³-hybridized carbons (Fsp3) is 0.467. The van der Waals surface area contributed by atoms with Crippen molar-refractivity contribution in [1.29, 1.82) is 0 Å². The molecule has 0 bridgehead atoms. The topological polar surface area (TPSA) is 174 Å². The summed E-state index contributed by atoms with van der Waals surface area (Å²) in [5.74, 6) is -3.75. The molecule has 3 N–H and O–H groups in total. The van der Waals surface area contributed by atoms with Gasteiger partial charge < -0.3 is 19.9 Å². The molecule has 2 heterocycles. The van der Waals surface area contributed by atoms with Crippen LogP contribution in [0.2, 0.25) is 0 Å². The highest BCUT2D eigenvalue weighted by Crippen LogP contribution is 2.16. The molecule has 0 aromatic carbocycles. The fourth-order valence-electron chi connectivity index (χ4n) is 2.16. The van der Waals surface area contributed by atoms with Crippen molar-refractivity contribution in [2.75, 3.05) is 0 Å². The van der Waals surface area contributed by atoms with Gasteiger partial charge in [-0.25, -0.2) is 14.6 Å². The first kappa shape index (κ1) is 15.9. The van der Waals surface area contributed by atoms with Crippen LogP contribution in [-0.2, 0) is 35.5 Å². The third-order valence-electron chi connectivity index (χ3n) is 3.44. The van der Waals surface area contributed by atoms with E-state index in [1.807, 2.05) is 0 Å². The van der Waals surface area contributed by atoms with E-state index in [1.165, 1.54) is 14.1 Å². The number of carboxylic acids is 2. The van der Waals surface area contributed by atoms with Gasteiger partial charge in [0.1, 0.15) is 7.15 Å². The van der Waals surface area contributed by atoms with Gasteiger partial charge in [-0.2, -0.15) is 0 Å². The summed E-state index contributed by atoms with van der Waals surface area (Å²) in [4.78, 5) is 58.7. The maximum atomic E-state index is 12.0. The summed E-state index contributed by atoms with van der Waals surface area (Å²) >= 11 is 0. The molecular weight excluding hydrogens is 364 g/mol. The number of carbonyl (C=O) groups is 3. The quantitative estimate of drug-likeness (QED) is 0.535. The number of aliphatic carboxylic acids is 2. The van der Waals surface area contributed by atoms with Crippen LogP contribution in [-0.4, -0.2) is 57.3 Å². The molecule has 2 aromatic rings. The smallest absolute Gasteiger partial charge is 0.336 e. The molecule has 2 aromatic heterocycles. The molecule has 0 aliphatic rings. The number of carbonyl (C=O) groups excluding carboxylic acids is 1. The molecule has 0 aliphatic heterocycles. The highest BCUT2D eigenvalue weighted by Gasteiger charge is 2.39. The second-order valence-corrected chi connectivity index (χ2v) is 5.71. The first-order valence-corrected chi connectivity index (χ1v) is 7.26. The predicted molar refractivity (Wildman–Crippen MR) is 91.3 cm³/mol. The fourth-order valence-corrected chi connectivity index (χ4v) is 2.16. The van der Waals surface area contributed by atoms with Crippen molar-refractivity contribution in [3.8, 4) is 0 Å². The minimum Gasteiger partial charge on any atom is -0.481 e. The molecule has 0 radical (unpaired) electrons. The molecule has 2 rings (SSSR count). The van der Waals surface area contributed by atoms with Crippen LogP contribution in [0.1, 0.15) is 25.2 Å².